The summed E-state index contributed by atoms with van der Waals surface area (Å²) in [5.74, 6) is 1.64. The molecule has 26 heavy (non-hydrogen) atoms. The van der Waals surface area contributed by atoms with E-state index in [0.29, 0.717) is 0 Å². The van der Waals surface area contributed by atoms with Crippen LogP contribution in [0.5, 0.6) is 0 Å². The molecule has 0 radical (unpaired) electrons. The van der Waals surface area contributed by atoms with Gasteiger partial charge in [0.1, 0.15) is 6.54 Å². The van der Waals surface area contributed by atoms with Crippen molar-refractivity contribution in [1.29, 1.82) is 0 Å². The minimum absolute atomic E-state index is 0.0967. The summed E-state index contributed by atoms with van der Waals surface area (Å²) in [5, 5.41) is 0. The molecule has 0 spiro atoms. The second kappa shape index (κ2) is 7.86. The molecule has 2 aromatic carbocycles. The quantitative estimate of drug-likeness (QED) is 0.614. The van der Waals surface area contributed by atoms with Gasteiger partial charge in [-0.15, -0.1) is 0 Å². The van der Waals surface area contributed by atoms with E-state index in [4.69, 9.17) is 0 Å². The van der Waals surface area contributed by atoms with Gasteiger partial charge in [0.15, 0.2) is 5.78 Å². The lowest BCUT2D eigenvalue weighted by Crippen LogP contribution is -2.43. The summed E-state index contributed by atoms with van der Waals surface area (Å²) in [6.07, 6.45) is 6.45. The molecule has 3 nitrogen and oxygen atoms in total. The normalized spacial score (nSPS) is 17.6. The van der Waals surface area contributed by atoms with Crippen LogP contribution in [0.25, 0.3) is 0 Å². The predicted octanol–water partition coefficient (Wildman–Crippen LogP) is 4.11. The van der Waals surface area contributed by atoms with Crippen LogP contribution in [0, 0.1) is 0 Å². The van der Waals surface area contributed by atoms with Gasteiger partial charge in [-0.3, -0.25) is 14.3 Å². The Morgan fingerprint density at radius 3 is 2.38 bits per heavy atom. The largest absolute Gasteiger partial charge is 0.289 e. The second-order valence-electron chi connectivity index (χ2n) is 7.38. The molecule has 2 aliphatic rings. The average Bonchev–Trinajstić information content (AvgIpc) is 2.95. The van der Waals surface area contributed by atoms with E-state index >= 15 is 0 Å². The molecule has 2 aliphatic heterocycles. The first-order valence-corrected chi connectivity index (χ1v) is 9.86. The Morgan fingerprint density at radius 2 is 1.58 bits per heavy atom. The summed E-state index contributed by atoms with van der Waals surface area (Å²) in [4.78, 5) is 15.2. The number of rotatable bonds is 4. The first-order valence-electron chi connectivity index (χ1n) is 9.86. The van der Waals surface area contributed by atoms with Crippen LogP contribution in [0.15, 0.2) is 54.6 Å². The number of carbonyl (C=O) groups excluding carboxylic acids is 1. The van der Waals surface area contributed by atoms with Gasteiger partial charge >= 0.3 is 0 Å². The van der Waals surface area contributed by atoms with Gasteiger partial charge in [0.2, 0.25) is 5.84 Å². The number of benzene rings is 2. The highest BCUT2D eigenvalue weighted by atomic mass is 16.1. The summed E-state index contributed by atoms with van der Waals surface area (Å²) < 4.78 is 2.56. The zero-order chi connectivity index (χ0) is 17.8. The van der Waals surface area contributed by atoms with E-state index in [1.807, 2.05) is 42.5 Å². The number of ketones is 1. The minimum atomic E-state index is 0.0967. The zero-order valence-electron chi connectivity index (χ0n) is 15.4. The molecule has 2 aromatic rings. The number of hydrogen-bond donors (Lipinski definition) is 0. The van der Waals surface area contributed by atoms with E-state index in [-0.39, 0.29) is 5.78 Å². The van der Waals surface area contributed by atoms with Gasteiger partial charge in [-0.25, -0.2) is 0 Å². The number of nitrogens with zero attached hydrogens (tertiary/aromatic N) is 2. The Hall–Kier alpha value is -2.42. The Morgan fingerprint density at radius 1 is 0.846 bits per heavy atom. The summed E-state index contributed by atoms with van der Waals surface area (Å²) in [6.45, 7) is 4.54. The highest BCUT2D eigenvalue weighted by Gasteiger charge is 2.28. The maximum atomic E-state index is 12.6. The van der Waals surface area contributed by atoms with Gasteiger partial charge in [0.05, 0.1) is 19.6 Å². The van der Waals surface area contributed by atoms with Crippen LogP contribution in [-0.4, -0.2) is 40.7 Å². The lowest BCUT2D eigenvalue weighted by molar-refractivity contribution is -0.555. The molecule has 0 saturated carbocycles. The topological polar surface area (TPSA) is 23.3 Å². The fourth-order valence-corrected chi connectivity index (χ4v) is 4.14. The third-order valence-corrected chi connectivity index (χ3v) is 5.54. The van der Waals surface area contributed by atoms with Crippen LogP contribution in [0.1, 0.15) is 53.6 Å². The van der Waals surface area contributed by atoms with Crippen molar-refractivity contribution >= 4 is 11.6 Å². The Kier molecular flexibility index (Phi) is 5.14. The first kappa shape index (κ1) is 17.0. The van der Waals surface area contributed by atoms with Crippen LogP contribution in [0.2, 0.25) is 0 Å². The second-order valence-corrected chi connectivity index (χ2v) is 7.38. The van der Waals surface area contributed by atoms with E-state index in [0.717, 1.165) is 24.2 Å². The molecule has 0 unspecified atom stereocenters. The standard InChI is InChI=1S/C23H27N2O/c26-23(20-8-3-1-4-9-20)21-13-11-19(12-14-21)18-25-17-7-16-24-15-6-2-5-10-22(24)25/h1,3-4,8-9,11-14H,2,5-7,10,15-18H2/q+1. The van der Waals surface area contributed by atoms with E-state index in [2.05, 4.69) is 21.6 Å². The van der Waals surface area contributed by atoms with Gasteiger partial charge in [0, 0.05) is 24.0 Å². The van der Waals surface area contributed by atoms with E-state index in [1.165, 1.54) is 56.6 Å². The molecule has 1 fully saturated rings. The van der Waals surface area contributed by atoms with Crippen molar-refractivity contribution in [3.63, 3.8) is 0 Å². The molecule has 0 bridgehead atoms. The molecule has 3 heteroatoms. The van der Waals surface area contributed by atoms with Gasteiger partial charge < -0.3 is 0 Å². The molecular weight excluding hydrogens is 320 g/mol. The average molecular weight is 347 g/mol. The van der Waals surface area contributed by atoms with Gasteiger partial charge in [0.25, 0.3) is 0 Å². The highest BCUT2D eigenvalue weighted by Crippen LogP contribution is 2.18. The Bertz CT molecular complexity index is 793. The smallest absolute Gasteiger partial charge is 0.247 e. The van der Waals surface area contributed by atoms with Crippen molar-refractivity contribution in [2.75, 3.05) is 19.6 Å². The van der Waals surface area contributed by atoms with Crippen LogP contribution in [-0.2, 0) is 6.54 Å². The molecule has 0 aromatic heterocycles. The molecule has 4 rings (SSSR count). The molecule has 0 amide bonds. The molecule has 0 aliphatic carbocycles. The zero-order valence-corrected chi connectivity index (χ0v) is 15.4. The lowest BCUT2D eigenvalue weighted by atomic mass is 10.0. The van der Waals surface area contributed by atoms with Crippen molar-refractivity contribution in [3.8, 4) is 0 Å². The maximum absolute atomic E-state index is 12.6. The fraction of sp³-hybridized carbons (Fsp3) is 0.391. The Balaban J connectivity index is 1.51. The number of hydrogen-bond acceptors (Lipinski definition) is 2. The molecule has 134 valence electrons. The van der Waals surface area contributed by atoms with Gasteiger partial charge in [-0.1, -0.05) is 54.6 Å². The van der Waals surface area contributed by atoms with E-state index in [1.54, 1.807) is 0 Å². The summed E-state index contributed by atoms with van der Waals surface area (Å²) in [7, 11) is 0. The SMILES string of the molecule is O=C(c1ccccc1)c1ccc(C[N+]2=C3CCCCCN3CCC2)cc1. The van der Waals surface area contributed by atoms with Crippen LogP contribution < -0.4 is 0 Å². The summed E-state index contributed by atoms with van der Waals surface area (Å²) >= 11 is 0. The van der Waals surface area contributed by atoms with Gasteiger partial charge in [-0.2, -0.15) is 0 Å². The summed E-state index contributed by atoms with van der Waals surface area (Å²) in [5.41, 5.74) is 2.80. The van der Waals surface area contributed by atoms with Crippen LogP contribution >= 0.6 is 0 Å². The van der Waals surface area contributed by atoms with Crippen LogP contribution in [0.4, 0.5) is 0 Å². The third-order valence-electron chi connectivity index (χ3n) is 5.54. The summed E-state index contributed by atoms with van der Waals surface area (Å²) in [6, 6.07) is 17.7. The number of fused-ring (bicyclic) bond motifs is 1. The Labute approximate surface area is 156 Å². The minimum Gasteiger partial charge on any atom is -0.289 e. The first-order chi connectivity index (χ1) is 12.8. The lowest BCUT2D eigenvalue weighted by Gasteiger charge is -2.26. The molecular formula is C23H27N2O+. The third kappa shape index (κ3) is 3.72. The van der Waals surface area contributed by atoms with Crippen molar-refractivity contribution < 1.29 is 9.37 Å². The van der Waals surface area contributed by atoms with Crippen LogP contribution in [0.3, 0.4) is 0 Å². The highest BCUT2D eigenvalue weighted by molar-refractivity contribution is 6.08. The maximum Gasteiger partial charge on any atom is 0.247 e. The van der Waals surface area contributed by atoms with Crippen molar-refractivity contribution in [1.82, 2.24) is 4.90 Å². The fourth-order valence-electron chi connectivity index (χ4n) is 4.14. The molecule has 2 heterocycles. The molecule has 0 N–H and O–H groups in total. The van der Waals surface area contributed by atoms with Crippen molar-refractivity contribution in [3.05, 3.63) is 71.3 Å². The molecule has 0 atom stereocenters. The van der Waals surface area contributed by atoms with Crippen molar-refractivity contribution in [2.45, 2.75) is 38.6 Å². The number of carbonyl (C=O) groups is 1. The number of amidine groups is 1. The van der Waals surface area contributed by atoms with E-state index < -0.39 is 0 Å². The molecule has 1 saturated heterocycles. The van der Waals surface area contributed by atoms with E-state index in [9.17, 15) is 4.79 Å². The van der Waals surface area contributed by atoms with Gasteiger partial charge in [-0.05, 0) is 24.8 Å². The monoisotopic (exact) mass is 347 g/mol. The van der Waals surface area contributed by atoms with Crippen molar-refractivity contribution in [2.24, 2.45) is 0 Å². The predicted molar refractivity (Wildman–Crippen MR) is 105 cm³/mol.